The highest BCUT2D eigenvalue weighted by Crippen LogP contribution is 1.97. The lowest BCUT2D eigenvalue weighted by Gasteiger charge is -2.02. The maximum Gasteiger partial charge on any atom is 0.0965 e. The predicted molar refractivity (Wildman–Crippen MR) is 60.9 cm³/mol. The average Bonchev–Trinajstić information content (AvgIpc) is 2.35. The lowest BCUT2D eigenvalue weighted by Crippen LogP contribution is -2.18. The Bertz CT molecular complexity index is 534. The van der Waals surface area contributed by atoms with Crippen molar-refractivity contribution in [1.82, 2.24) is 4.40 Å². The zero-order valence-electron chi connectivity index (χ0n) is 8.82. The number of nitrogens with zero attached hydrogens (tertiary/aromatic N) is 2. The molecule has 2 heterocycles. The molecule has 4 nitrogen and oxygen atoms in total. The molecule has 84 valence electrons. The first-order valence-electron chi connectivity index (χ1n) is 5.16. The molecule has 4 heteroatoms. The summed E-state index contributed by atoms with van der Waals surface area (Å²) in [5.41, 5.74) is 1.04. The Morgan fingerprint density at radius 2 is 2.12 bits per heavy atom. The number of rotatable bonds is 3. The fraction of sp³-hybridized carbons (Fsp3) is 0.250. The molecule has 0 aliphatic carbocycles. The number of hydrogen-bond donors (Lipinski definition) is 2. The summed E-state index contributed by atoms with van der Waals surface area (Å²) in [4.78, 5) is 4.20. The maximum atomic E-state index is 9.18. The highest BCUT2D eigenvalue weighted by atomic mass is 16.3. The van der Waals surface area contributed by atoms with Crippen LogP contribution in [0.1, 0.15) is 0 Å². The van der Waals surface area contributed by atoms with Gasteiger partial charge in [0.25, 0.3) is 0 Å². The second kappa shape index (κ2) is 4.92. The smallest absolute Gasteiger partial charge is 0.0965 e. The molecule has 2 N–H and O–H groups in total. The summed E-state index contributed by atoms with van der Waals surface area (Å²) in [6, 6.07) is 9.71. The van der Waals surface area contributed by atoms with Crippen LogP contribution in [0.5, 0.6) is 0 Å². The van der Waals surface area contributed by atoms with E-state index in [1.165, 1.54) is 0 Å². The minimum atomic E-state index is -0.779. The lowest BCUT2D eigenvalue weighted by molar-refractivity contribution is 0.102. The second-order valence-corrected chi connectivity index (χ2v) is 3.59. The predicted octanol–water partition coefficient (Wildman–Crippen LogP) is 0.193. The summed E-state index contributed by atoms with van der Waals surface area (Å²) in [6.07, 6.45) is 3.10. The van der Waals surface area contributed by atoms with Gasteiger partial charge in [0.05, 0.1) is 24.6 Å². The molecule has 2 aromatic heterocycles. The van der Waals surface area contributed by atoms with Gasteiger partial charge in [-0.25, -0.2) is 0 Å². The van der Waals surface area contributed by atoms with Crippen LogP contribution in [0.3, 0.4) is 0 Å². The van der Waals surface area contributed by atoms with Crippen molar-refractivity contribution in [3.05, 3.63) is 48.1 Å². The molecule has 2 aromatic rings. The van der Waals surface area contributed by atoms with Crippen molar-refractivity contribution in [2.24, 2.45) is 4.99 Å². The first kappa shape index (κ1) is 10.9. The zero-order chi connectivity index (χ0) is 11.4. The van der Waals surface area contributed by atoms with Crippen molar-refractivity contribution in [2.75, 3.05) is 13.2 Å². The third-order valence-corrected chi connectivity index (χ3v) is 2.32. The first-order chi connectivity index (χ1) is 7.79. The molecule has 0 radical (unpaired) electrons. The van der Waals surface area contributed by atoms with E-state index in [9.17, 15) is 5.11 Å². The van der Waals surface area contributed by atoms with Gasteiger partial charge in [-0.1, -0.05) is 6.07 Å². The van der Waals surface area contributed by atoms with Crippen molar-refractivity contribution in [2.45, 2.75) is 6.10 Å². The van der Waals surface area contributed by atoms with Crippen LogP contribution in [-0.2, 0) is 0 Å². The number of aliphatic hydroxyl groups excluding tert-OH is 2. The van der Waals surface area contributed by atoms with Crippen molar-refractivity contribution in [3.8, 4) is 0 Å². The van der Waals surface area contributed by atoms with E-state index in [-0.39, 0.29) is 13.2 Å². The van der Waals surface area contributed by atoms with E-state index in [0.29, 0.717) is 0 Å². The Morgan fingerprint density at radius 3 is 2.94 bits per heavy atom. The van der Waals surface area contributed by atoms with Crippen LogP contribution in [0.25, 0.3) is 5.52 Å². The number of aliphatic hydroxyl groups is 2. The number of hydrogen-bond acceptors (Lipinski definition) is 3. The Labute approximate surface area is 93.1 Å². The summed E-state index contributed by atoms with van der Waals surface area (Å²) >= 11 is 0. The Hall–Kier alpha value is -1.65. The topological polar surface area (TPSA) is 57.2 Å². The van der Waals surface area contributed by atoms with E-state index in [2.05, 4.69) is 4.99 Å². The fourth-order valence-electron chi connectivity index (χ4n) is 1.45. The van der Waals surface area contributed by atoms with Gasteiger partial charge < -0.3 is 14.6 Å². The number of aromatic nitrogens is 1. The Kier molecular flexibility index (Phi) is 3.34. The van der Waals surface area contributed by atoms with Crippen LogP contribution in [0.15, 0.2) is 47.7 Å². The zero-order valence-corrected chi connectivity index (χ0v) is 8.82. The third kappa shape index (κ3) is 2.48. The molecule has 16 heavy (non-hydrogen) atoms. The lowest BCUT2D eigenvalue weighted by atomic mass is 10.3. The molecule has 0 bridgehead atoms. The van der Waals surface area contributed by atoms with Gasteiger partial charge in [-0.15, -0.1) is 0 Å². The molecule has 0 aliphatic rings. The van der Waals surface area contributed by atoms with E-state index in [1.807, 2.05) is 47.1 Å². The van der Waals surface area contributed by atoms with Crippen molar-refractivity contribution < 1.29 is 10.2 Å². The molecule has 0 fully saturated rings. The van der Waals surface area contributed by atoms with Gasteiger partial charge in [-0.2, -0.15) is 0 Å². The summed E-state index contributed by atoms with van der Waals surface area (Å²) in [6.45, 7) is -0.0364. The van der Waals surface area contributed by atoms with Crippen LogP contribution in [-0.4, -0.2) is 33.9 Å². The Morgan fingerprint density at radius 1 is 1.25 bits per heavy atom. The van der Waals surface area contributed by atoms with E-state index >= 15 is 0 Å². The molecule has 1 unspecified atom stereocenters. The second-order valence-electron chi connectivity index (χ2n) is 3.59. The average molecular weight is 218 g/mol. The van der Waals surface area contributed by atoms with Crippen LogP contribution in [0.2, 0.25) is 0 Å². The largest absolute Gasteiger partial charge is 0.394 e. The van der Waals surface area contributed by atoms with E-state index in [1.54, 1.807) is 0 Å². The molecule has 0 amide bonds. The van der Waals surface area contributed by atoms with Crippen molar-refractivity contribution in [3.63, 3.8) is 0 Å². The fourth-order valence-corrected chi connectivity index (χ4v) is 1.45. The summed E-state index contributed by atoms with van der Waals surface area (Å²) in [5.74, 6) is 0. The summed E-state index contributed by atoms with van der Waals surface area (Å²) < 4.78 is 1.99. The van der Waals surface area contributed by atoms with Crippen molar-refractivity contribution >= 4 is 5.52 Å². The standard InChI is InChI=1S/C12H14N2O2/c15-9-12(16)8-13-10-4-6-14-5-2-1-3-11(14)7-10/h1-7,12,15-16H,8-9H2. The van der Waals surface area contributed by atoms with Crippen LogP contribution in [0, 0.1) is 0 Å². The van der Waals surface area contributed by atoms with Gasteiger partial charge in [0, 0.05) is 17.9 Å². The maximum absolute atomic E-state index is 9.18. The van der Waals surface area contributed by atoms with Crippen LogP contribution >= 0.6 is 0 Å². The van der Waals surface area contributed by atoms with Gasteiger partial charge >= 0.3 is 0 Å². The quantitative estimate of drug-likeness (QED) is 0.773. The third-order valence-electron chi connectivity index (χ3n) is 2.32. The van der Waals surface area contributed by atoms with Gasteiger partial charge in [-0.3, -0.25) is 4.99 Å². The molecule has 0 aromatic carbocycles. The highest BCUT2D eigenvalue weighted by molar-refractivity contribution is 5.45. The van der Waals surface area contributed by atoms with Gasteiger partial charge in [0.2, 0.25) is 0 Å². The number of pyridine rings is 2. The van der Waals surface area contributed by atoms with Crippen molar-refractivity contribution in [1.29, 1.82) is 0 Å². The van der Waals surface area contributed by atoms with Gasteiger partial charge in [0.15, 0.2) is 0 Å². The molecular weight excluding hydrogens is 204 g/mol. The summed E-state index contributed by atoms with van der Waals surface area (Å²) in [7, 11) is 0. The monoisotopic (exact) mass is 218 g/mol. The number of fused-ring (bicyclic) bond motifs is 1. The molecule has 0 spiro atoms. The molecule has 0 saturated carbocycles. The summed E-state index contributed by atoms with van der Waals surface area (Å²) in [5, 5.41) is 18.7. The van der Waals surface area contributed by atoms with Gasteiger partial charge in [0.1, 0.15) is 0 Å². The van der Waals surface area contributed by atoms with Crippen LogP contribution < -0.4 is 5.36 Å². The highest BCUT2D eigenvalue weighted by Gasteiger charge is 1.98. The van der Waals surface area contributed by atoms with E-state index in [0.717, 1.165) is 10.9 Å². The van der Waals surface area contributed by atoms with E-state index in [4.69, 9.17) is 5.11 Å². The SMILES string of the molecule is OCC(O)CN=c1ccn2ccccc2c1. The Balaban J connectivity index is 2.32. The van der Waals surface area contributed by atoms with Gasteiger partial charge in [-0.05, 0) is 24.3 Å². The minimum Gasteiger partial charge on any atom is -0.394 e. The normalized spacial score (nSPS) is 14.2. The minimum absolute atomic E-state index is 0.222. The molecule has 0 saturated heterocycles. The molecule has 0 aliphatic heterocycles. The molecule has 1 atom stereocenters. The van der Waals surface area contributed by atoms with E-state index < -0.39 is 6.10 Å². The molecule has 2 rings (SSSR count). The van der Waals surface area contributed by atoms with Crippen LogP contribution in [0.4, 0.5) is 0 Å². The molecular formula is C12H14N2O2. The first-order valence-corrected chi connectivity index (χ1v) is 5.16.